The number of nitro groups is 1. The number of hydrogen-bond donors (Lipinski definition) is 2. The first-order valence-electron chi connectivity index (χ1n) is 4.71. The van der Waals surface area contributed by atoms with E-state index in [4.69, 9.17) is 15.9 Å². The molecule has 0 aliphatic rings. The molecule has 16 heavy (non-hydrogen) atoms. The lowest BCUT2D eigenvalue weighted by molar-refractivity contribution is -0.384. The maximum absolute atomic E-state index is 10.5. The van der Waals surface area contributed by atoms with E-state index in [1.54, 1.807) is 13.0 Å². The summed E-state index contributed by atoms with van der Waals surface area (Å²) >= 11 is 0. The highest BCUT2D eigenvalue weighted by Crippen LogP contribution is 2.23. The Hall–Kier alpha value is -2.11. The summed E-state index contributed by atoms with van der Waals surface area (Å²) in [5, 5.41) is 17.6. The molecule has 0 spiro atoms. The van der Waals surface area contributed by atoms with Crippen molar-refractivity contribution in [1.29, 1.82) is 5.41 Å². The average Bonchev–Trinajstić information content (AvgIpc) is 2.20. The van der Waals surface area contributed by atoms with Gasteiger partial charge < -0.3 is 10.5 Å². The first-order valence-corrected chi connectivity index (χ1v) is 4.71. The summed E-state index contributed by atoms with van der Waals surface area (Å²) in [4.78, 5) is 10.1. The Morgan fingerprint density at radius 1 is 1.62 bits per heavy atom. The summed E-state index contributed by atoms with van der Waals surface area (Å²) in [5.41, 5.74) is 5.97. The number of amidine groups is 1. The van der Waals surface area contributed by atoms with Gasteiger partial charge in [0.2, 0.25) is 0 Å². The van der Waals surface area contributed by atoms with Crippen molar-refractivity contribution in [3.05, 3.63) is 33.9 Å². The molecule has 0 aliphatic heterocycles. The fourth-order valence-electron chi connectivity index (χ4n) is 1.13. The van der Waals surface area contributed by atoms with E-state index in [1.807, 2.05) is 0 Å². The van der Waals surface area contributed by atoms with Gasteiger partial charge in [0, 0.05) is 12.5 Å². The van der Waals surface area contributed by atoms with Crippen molar-refractivity contribution in [2.75, 3.05) is 6.61 Å². The van der Waals surface area contributed by atoms with E-state index in [9.17, 15) is 10.1 Å². The lowest BCUT2D eigenvalue weighted by atomic mass is 10.2. The van der Waals surface area contributed by atoms with E-state index in [0.29, 0.717) is 12.2 Å². The second-order valence-electron chi connectivity index (χ2n) is 3.33. The Labute approximate surface area is 92.7 Å². The van der Waals surface area contributed by atoms with Crippen LogP contribution in [-0.2, 0) is 0 Å². The lowest BCUT2D eigenvalue weighted by Gasteiger charge is -2.07. The maximum Gasteiger partial charge on any atom is 0.273 e. The molecule has 1 aromatic rings. The molecule has 3 N–H and O–H groups in total. The van der Waals surface area contributed by atoms with Crippen molar-refractivity contribution in [2.24, 2.45) is 5.73 Å². The summed E-state index contributed by atoms with van der Waals surface area (Å²) in [6, 6.07) is 4.42. The summed E-state index contributed by atoms with van der Waals surface area (Å²) in [6.07, 6.45) is 0.308. The van der Waals surface area contributed by atoms with Gasteiger partial charge in [-0.15, -0.1) is 0 Å². The van der Waals surface area contributed by atoms with Crippen LogP contribution in [0.4, 0.5) is 5.69 Å². The standard InChI is InChI=1S/C10H13N3O3/c1-7-2-3-8(13(14)15)6-9(7)16-5-4-10(11)12/h2-3,6H,4-5H2,1H3,(H3,11,12). The molecule has 0 aromatic heterocycles. The van der Waals surface area contributed by atoms with Crippen LogP contribution in [0.1, 0.15) is 12.0 Å². The van der Waals surface area contributed by atoms with Crippen LogP contribution in [0.5, 0.6) is 5.75 Å². The highest BCUT2D eigenvalue weighted by molar-refractivity contribution is 5.76. The Bertz CT molecular complexity index is 418. The third-order valence-electron chi connectivity index (χ3n) is 2.01. The van der Waals surface area contributed by atoms with Crippen LogP contribution in [-0.4, -0.2) is 17.4 Å². The smallest absolute Gasteiger partial charge is 0.273 e. The summed E-state index contributed by atoms with van der Waals surface area (Å²) < 4.78 is 5.31. The van der Waals surface area contributed by atoms with E-state index in [0.717, 1.165) is 5.56 Å². The zero-order valence-corrected chi connectivity index (χ0v) is 8.90. The predicted molar refractivity (Wildman–Crippen MR) is 59.9 cm³/mol. The molecule has 0 saturated carbocycles. The van der Waals surface area contributed by atoms with Crippen molar-refractivity contribution < 1.29 is 9.66 Å². The Morgan fingerprint density at radius 3 is 2.88 bits per heavy atom. The van der Waals surface area contributed by atoms with Gasteiger partial charge in [0.15, 0.2) is 0 Å². The number of aryl methyl sites for hydroxylation is 1. The molecule has 0 saturated heterocycles. The fraction of sp³-hybridized carbons (Fsp3) is 0.300. The van der Waals surface area contributed by atoms with Gasteiger partial charge in [-0.2, -0.15) is 0 Å². The molecule has 0 aliphatic carbocycles. The molecule has 0 bridgehead atoms. The maximum atomic E-state index is 10.5. The summed E-state index contributed by atoms with van der Waals surface area (Å²) in [6.45, 7) is 2.05. The number of ether oxygens (including phenoxy) is 1. The first-order chi connectivity index (χ1) is 7.50. The van der Waals surface area contributed by atoms with E-state index >= 15 is 0 Å². The van der Waals surface area contributed by atoms with E-state index < -0.39 is 4.92 Å². The molecular weight excluding hydrogens is 210 g/mol. The van der Waals surface area contributed by atoms with Crippen molar-refractivity contribution >= 4 is 11.5 Å². The minimum absolute atomic E-state index is 0.0107. The topological polar surface area (TPSA) is 102 Å². The van der Waals surface area contributed by atoms with Crippen LogP contribution in [0, 0.1) is 22.4 Å². The van der Waals surface area contributed by atoms with Gasteiger partial charge in [0.1, 0.15) is 5.75 Å². The van der Waals surface area contributed by atoms with E-state index in [1.165, 1.54) is 12.1 Å². The van der Waals surface area contributed by atoms with Crippen LogP contribution < -0.4 is 10.5 Å². The molecule has 0 unspecified atom stereocenters. The van der Waals surface area contributed by atoms with Gasteiger partial charge in [0.05, 0.1) is 23.4 Å². The molecule has 86 valence electrons. The second-order valence-corrected chi connectivity index (χ2v) is 3.33. The van der Waals surface area contributed by atoms with Gasteiger partial charge in [-0.1, -0.05) is 0 Å². The van der Waals surface area contributed by atoms with Gasteiger partial charge in [0.25, 0.3) is 5.69 Å². The second kappa shape index (κ2) is 5.11. The quantitative estimate of drug-likeness (QED) is 0.342. The lowest BCUT2D eigenvalue weighted by Crippen LogP contribution is -2.14. The van der Waals surface area contributed by atoms with E-state index in [-0.39, 0.29) is 18.1 Å². The minimum atomic E-state index is -0.475. The van der Waals surface area contributed by atoms with Gasteiger partial charge >= 0.3 is 0 Å². The fourth-order valence-corrected chi connectivity index (χ4v) is 1.13. The number of nitrogens with two attached hydrogens (primary N) is 1. The van der Waals surface area contributed by atoms with E-state index in [2.05, 4.69) is 0 Å². The summed E-state index contributed by atoms with van der Waals surface area (Å²) in [5.74, 6) is 0.485. The van der Waals surface area contributed by atoms with Crippen molar-refractivity contribution in [2.45, 2.75) is 13.3 Å². The zero-order chi connectivity index (χ0) is 12.1. The predicted octanol–water partition coefficient (Wildman–Crippen LogP) is 1.61. The number of rotatable bonds is 5. The normalized spacial score (nSPS) is 9.81. The molecule has 0 amide bonds. The Balaban J connectivity index is 2.74. The summed E-state index contributed by atoms with van der Waals surface area (Å²) in [7, 11) is 0. The number of hydrogen-bond acceptors (Lipinski definition) is 4. The molecule has 6 heteroatoms. The van der Waals surface area contributed by atoms with Crippen LogP contribution in [0.2, 0.25) is 0 Å². The SMILES string of the molecule is Cc1ccc([N+](=O)[O-])cc1OCCC(=N)N. The van der Waals surface area contributed by atoms with Crippen LogP contribution in [0.15, 0.2) is 18.2 Å². The third kappa shape index (κ3) is 3.23. The van der Waals surface area contributed by atoms with Gasteiger partial charge in [-0.25, -0.2) is 0 Å². The zero-order valence-electron chi connectivity index (χ0n) is 8.90. The molecule has 1 aromatic carbocycles. The molecule has 0 fully saturated rings. The molecule has 1 rings (SSSR count). The number of nitro benzene ring substituents is 1. The number of benzene rings is 1. The van der Waals surface area contributed by atoms with Crippen LogP contribution >= 0.6 is 0 Å². The van der Waals surface area contributed by atoms with Crippen LogP contribution in [0.3, 0.4) is 0 Å². The highest BCUT2D eigenvalue weighted by atomic mass is 16.6. The number of nitrogens with one attached hydrogen (secondary N) is 1. The van der Waals surface area contributed by atoms with Crippen molar-refractivity contribution in [3.8, 4) is 5.75 Å². The van der Waals surface area contributed by atoms with Gasteiger partial charge in [-0.05, 0) is 18.6 Å². The number of nitrogens with zero attached hydrogens (tertiary/aromatic N) is 1. The molecule has 0 heterocycles. The first kappa shape index (κ1) is 12.0. The largest absolute Gasteiger partial charge is 0.493 e. The Kier molecular flexibility index (Phi) is 3.82. The molecule has 6 nitrogen and oxygen atoms in total. The minimum Gasteiger partial charge on any atom is -0.493 e. The molecular formula is C10H13N3O3. The van der Waals surface area contributed by atoms with Crippen molar-refractivity contribution in [1.82, 2.24) is 0 Å². The molecule has 0 radical (unpaired) electrons. The van der Waals surface area contributed by atoms with Gasteiger partial charge in [-0.3, -0.25) is 15.5 Å². The Morgan fingerprint density at radius 2 is 2.31 bits per heavy atom. The highest BCUT2D eigenvalue weighted by Gasteiger charge is 2.09. The molecule has 0 atom stereocenters. The average molecular weight is 223 g/mol. The number of non-ortho nitro benzene ring substituents is 1. The van der Waals surface area contributed by atoms with Crippen molar-refractivity contribution in [3.63, 3.8) is 0 Å². The third-order valence-corrected chi connectivity index (χ3v) is 2.01. The van der Waals surface area contributed by atoms with Crippen LogP contribution in [0.25, 0.3) is 0 Å². The monoisotopic (exact) mass is 223 g/mol.